The third kappa shape index (κ3) is 3.70. The number of carbonyl (C=O) groups excluding carboxylic acids is 1. The number of likely N-dealkylation sites (tertiary alicyclic amines) is 1. The minimum absolute atomic E-state index is 0.104. The molecule has 0 aliphatic carbocycles. The van der Waals surface area contributed by atoms with Gasteiger partial charge in [-0.1, -0.05) is 0 Å². The van der Waals surface area contributed by atoms with Crippen LogP contribution in [-0.4, -0.2) is 42.9 Å². The second-order valence-corrected chi connectivity index (χ2v) is 7.34. The summed E-state index contributed by atoms with van der Waals surface area (Å²) in [6.45, 7) is 5.62. The first-order chi connectivity index (χ1) is 13.1. The van der Waals surface area contributed by atoms with E-state index in [4.69, 9.17) is 0 Å². The minimum Gasteiger partial charge on any atom is -0.337 e. The summed E-state index contributed by atoms with van der Waals surface area (Å²) in [6, 6.07) is 5.95. The first-order valence-corrected chi connectivity index (χ1v) is 9.63. The molecule has 4 rings (SSSR count). The lowest BCUT2D eigenvalue weighted by atomic mass is 9.98. The van der Waals surface area contributed by atoms with Gasteiger partial charge in [0.15, 0.2) is 0 Å². The average Bonchev–Trinajstić information content (AvgIpc) is 3.20. The van der Waals surface area contributed by atoms with Crippen LogP contribution in [0.1, 0.15) is 47.4 Å². The molecular formula is C21H25N5O. The highest BCUT2D eigenvalue weighted by molar-refractivity contribution is 5.97. The molecule has 1 fully saturated rings. The number of hydrogen-bond acceptors (Lipinski definition) is 4. The van der Waals surface area contributed by atoms with Crippen LogP contribution in [0.2, 0.25) is 0 Å². The van der Waals surface area contributed by atoms with E-state index < -0.39 is 0 Å². The Morgan fingerprint density at radius 3 is 2.74 bits per heavy atom. The molecule has 0 bridgehead atoms. The molecule has 0 spiro atoms. The second kappa shape index (κ2) is 7.47. The van der Waals surface area contributed by atoms with Crippen LogP contribution in [0.3, 0.4) is 0 Å². The zero-order valence-corrected chi connectivity index (χ0v) is 15.9. The van der Waals surface area contributed by atoms with Crippen molar-refractivity contribution >= 4 is 16.9 Å². The fourth-order valence-electron chi connectivity index (χ4n) is 3.81. The summed E-state index contributed by atoms with van der Waals surface area (Å²) in [4.78, 5) is 28.6. The van der Waals surface area contributed by atoms with E-state index in [1.165, 1.54) is 6.42 Å². The van der Waals surface area contributed by atoms with Crippen molar-refractivity contribution in [2.75, 3.05) is 6.54 Å². The van der Waals surface area contributed by atoms with Gasteiger partial charge in [-0.25, -0.2) is 15.0 Å². The van der Waals surface area contributed by atoms with E-state index in [1.54, 1.807) is 6.20 Å². The SMILES string of the molecule is Cc1nc2ccc(C(=O)N3CCCC[C@@H]3CCn3ccnc3)cc2nc1C. The summed E-state index contributed by atoms with van der Waals surface area (Å²) in [7, 11) is 0. The normalized spacial score (nSPS) is 17.4. The molecule has 27 heavy (non-hydrogen) atoms. The second-order valence-electron chi connectivity index (χ2n) is 7.34. The highest BCUT2D eigenvalue weighted by Gasteiger charge is 2.27. The first kappa shape index (κ1) is 17.6. The van der Waals surface area contributed by atoms with Crippen LogP contribution in [0.4, 0.5) is 0 Å². The molecule has 1 aliphatic rings. The van der Waals surface area contributed by atoms with Gasteiger partial charge in [-0.05, 0) is 57.7 Å². The number of nitrogens with zero attached hydrogens (tertiary/aromatic N) is 5. The molecule has 0 N–H and O–H groups in total. The number of imidazole rings is 1. The number of benzene rings is 1. The molecule has 3 aromatic rings. The summed E-state index contributed by atoms with van der Waals surface area (Å²) in [5.41, 5.74) is 4.16. The van der Waals surface area contributed by atoms with Crippen LogP contribution in [0.15, 0.2) is 36.9 Å². The summed E-state index contributed by atoms with van der Waals surface area (Å²) in [6.07, 6.45) is 9.87. The lowest BCUT2D eigenvalue weighted by Crippen LogP contribution is -2.44. The third-order valence-corrected chi connectivity index (χ3v) is 5.49. The van der Waals surface area contributed by atoms with E-state index in [9.17, 15) is 4.79 Å². The zero-order valence-electron chi connectivity index (χ0n) is 15.9. The van der Waals surface area contributed by atoms with Crippen molar-refractivity contribution in [2.24, 2.45) is 0 Å². The predicted molar refractivity (Wildman–Crippen MR) is 105 cm³/mol. The Bertz CT molecular complexity index is 951. The van der Waals surface area contributed by atoms with Gasteiger partial charge in [-0.15, -0.1) is 0 Å². The smallest absolute Gasteiger partial charge is 0.254 e. The van der Waals surface area contributed by atoms with E-state index in [0.29, 0.717) is 5.56 Å². The number of amides is 1. The van der Waals surface area contributed by atoms with Crippen molar-refractivity contribution in [3.8, 4) is 0 Å². The van der Waals surface area contributed by atoms with Crippen LogP contribution >= 0.6 is 0 Å². The lowest BCUT2D eigenvalue weighted by molar-refractivity contribution is 0.0595. The molecule has 3 heterocycles. The van der Waals surface area contributed by atoms with Gasteiger partial charge in [0.05, 0.1) is 28.7 Å². The summed E-state index contributed by atoms with van der Waals surface area (Å²) >= 11 is 0. The van der Waals surface area contributed by atoms with Gasteiger partial charge in [0, 0.05) is 37.1 Å². The number of piperidine rings is 1. The number of hydrogen-bond donors (Lipinski definition) is 0. The maximum Gasteiger partial charge on any atom is 0.254 e. The summed E-state index contributed by atoms with van der Waals surface area (Å²) in [5, 5.41) is 0. The number of aryl methyl sites for hydroxylation is 3. The van der Waals surface area contributed by atoms with Crippen molar-refractivity contribution in [3.05, 3.63) is 53.9 Å². The molecule has 1 atom stereocenters. The fraction of sp³-hybridized carbons (Fsp3) is 0.429. The van der Waals surface area contributed by atoms with Crippen molar-refractivity contribution in [3.63, 3.8) is 0 Å². The molecule has 2 aromatic heterocycles. The molecule has 1 aliphatic heterocycles. The quantitative estimate of drug-likeness (QED) is 0.711. The fourth-order valence-corrected chi connectivity index (χ4v) is 3.81. The monoisotopic (exact) mass is 363 g/mol. The van der Waals surface area contributed by atoms with Crippen molar-refractivity contribution < 1.29 is 4.79 Å². The number of aromatic nitrogens is 4. The van der Waals surface area contributed by atoms with E-state index >= 15 is 0 Å². The molecule has 6 heteroatoms. The molecule has 0 radical (unpaired) electrons. The van der Waals surface area contributed by atoms with Crippen LogP contribution in [-0.2, 0) is 6.54 Å². The van der Waals surface area contributed by atoms with E-state index in [-0.39, 0.29) is 11.9 Å². The molecule has 1 aromatic carbocycles. The highest BCUT2D eigenvalue weighted by atomic mass is 16.2. The van der Waals surface area contributed by atoms with Crippen molar-refractivity contribution in [1.29, 1.82) is 0 Å². The van der Waals surface area contributed by atoms with E-state index in [0.717, 1.165) is 54.8 Å². The van der Waals surface area contributed by atoms with E-state index in [1.807, 2.05) is 44.6 Å². The molecular weight excluding hydrogens is 338 g/mol. The van der Waals surface area contributed by atoms with Gasteiger partial charge < -0.3 is 9.47 Å². The predicted octanol–water partition coefficient (Wildman–Crippen LogP) is 3.53. The maximum absolute atomic E-state index is 13.2. The number of carbonyl (C=O) groups is 1. The van der Waals surface area contributed by atoms with Gasteiger partial charge in [0.1, 0.15) is 0 Å². The van der Waals surface area contributed by atoms with Gasteiger partial charge in [0.25, 0.3) is 5.91 Å². The Balaban J connectivity index is 1.55. The molecule has 1 amide bonds. The standard InChI is InChI=1S/C21H25N5O/c1-15-16(2)24-20-13-17(6-7-19(20)23-15)21(27)26-10-4-3-5-18(26)8-11-25-12-9-22-14-25/h6-7,9,12-14,18H,3-5,8,10-11H2,1-2H3/t18-/m1/s1. The Morgan fingerprint density at radius 2 is 1.96 bits per heavy atom. The van der Waals surface area contributed by atoms with Crippen LogP contribution in [0, 0.1) is 13.8 Å². The summed E-state index contributed by atoms with van der Waals surface area (Å²) in [5.74, 6) is 0.104. The number of fused-ring (bicyclic) bond motifs is 1. The van der Waals surface area contributed by atoms with Gasteiger partial charge in [-0.2, -0.15) is 0 Å². The topological polar surface area (TPSA) is 63.9 Å². The van der Waals surface area contributed by atoms with Crippen LogP contribution < -0.4 is 0 Å². The van der Waals surface area contributed by atoms with Crippen LogP contribution in [0.5, 0.6) is 0 Å². The Kier molecular flexibility index (Phi) is 4.88. The Morgan fingerprint density at radius 1 is 1.15 bits per heavy atom. The molecule has 0 saturated carbocycles. The largest absolute Gasteiger partial charge is 0.337 e. The molecule has 0 unspecified atom stereocenters. The first-order valence-electron chi connectivity index (χ1n) is 9.63. The maximum atomic E-state index is 13.2. The van der Waals surface area contributed by atoms with Crippen molar-refractivity contribution in [1.82, 2.24) is 24.4 Å². The van der Waals surface area contributed by atoms with Gasteiger partial charge in [0.2, 0.25) is 0 Å². The highest BCUT2D eigenvalue weighted by Crippen LogP contribution is 2.24. The van der Waals surface area contributed by atoms with Gasteiger partial charge >= 0.3 is 0 Å². The zero-order chi connectivity index (χ0) is 18.8. The third-order valence-electron chi connectivity index (χ3n) is 5.49. The number of rotatable bonds is 4. The lowest BCUT2D eigenvalue weighted by Gasteiger charge is -2.36. The van der Waals surface area contributed by atoms with Gasteiger partial charge in [-0.3, -0.25) is 4.79 Å². The molecule has 6 nitrogen and oxygen atoms in total. The van der Waals surface area contributed by atoms with Crippen LogP contribution in [0.25, 0.3) is 11.0 Å². The minimum atomic E-state index is 0.104. The van der Waals surface area contributed by atoms with Crippen molar-refractivity contribution in [2.45, 2.75) is 52.1 Å². The Hall–Kier alpha value is -2.76. The Labute approximate surface area is 159 Å². The van der Waals surface area contributed by atoms with E-state index in [2.05, 4.69) is 24.4 Å². The average molecular weight is 363 g/mol. The summed E-state index contributed by atoms with van der Waals surface area (Å²) < 4.78 is 2.08. The molecule has 1 saturated heterocycles. The molecule has 140 valence electrons.